The Bertz CT molecular complexity index is 803. The van der Waals surface area contributed by atoms with Gasteiger partial charge in [-0.2, -0.15) is 0 Å². The van der Waals surface area contributed by atoms with Gasteiger partial charge in [-0.1, -0.05) is 50.7 Å². The van der Waals surface area contributed by atoms with E-state index in [2.05, 4.69) is 26.1 Å². The molecule has 0 unspecified atom stereocenters. The van der Waals surface area contributed by atoms with Crippen LogP contribution < -0.4 is 5.32 Å². The monoisotopic (exact) mass is 325 g/mol. The highest BCUT2D eigenvalue weighted by Crippen LogP contribution is 2.39. The van der Waals surface area contributed by atoms with Crippen LogP contribution in [0.2, 0.25) is 0 Å². The summed E-state index contributed by atoms with van der Waals surface area (Å²) in [6, 6.07) is 13.2. The molecule has 1 heterocycles. The normalized spacial score (nSPS) is 16.1. The number of carbonyl (C=O) groups is 1. The molecule has 0 atom stereocenters. The Balaban J connectivity index is 1.98. The van der Waals surface area contributed by atoms with Gasteiger partial charge in [0.1, 0.15) is 5.75 Å². The Morgan fingerprint density at radius 1 is 1.13 bits per heavy atom. The van der Waals surface area contributed by atoms with Crippen molar-refractivity contribution in [1.29, 1.82) is 0 Å². The molecule has 0 saturated heterocycles. The number of aromatic hydroxyl groups is 1. The molecule has 0 fully saturated rings. The molecule has 0 saturated carbocycles. The summed E-state index contributed by atoms with van der Waals surface area (Å²) in [4.78, 5) is 13.9. The van der Waals surface area contributed by atoms with Crippen molar-refractivity contribution >= 4 is 29.4 Å². The highest BCUT2D eigenvalue weighted by Gasteiger charge is 2.22. The molecule has 2 N–H and O–H groups in total. The molecule has 0 aliphatic carbocycles. The summed E-state index contributed by atoms with van der Waals surface area (Å²) in [7, 11) is 0. The second-order valence-corrected chi connectivity index (χ2v) is 7.67. The van der Waals surface area contributed by atoms with Gasteiger partial charge in [0.2, 0.25) is 0 Å². The second kappa shape index (κ2) is 5.78. The predicted octanol–water partition coefficient (Wildman–Crippen LogP) is 4.78. The lowest BCUT2D eigenvalue weighted by molar-refractivity contribution is -0.112. The van der Waals surface area contributed by atoms with Crippen molar-refractivity contribution in [1.82, 2.24) is 0 Å². The van der Waals surface area contributed by atoms with Gasteiger partial charge < -0.3 is 10.4 Å². The molecule has 0 bridgehead atoms. The molecular weight excluding hydrogens is 306 g/mol. The number of fused-ring (bicyclic) bond motifs is 1. The van der Waals surface area contributed by atoms with Crippen LogP contribution in [-0.4, -0.2) is 11.0 Å². The minimum absolute atomic E-state index is 0.0981. The first-order chi connectivity index (χ1) is 10.8. The Morgan fingerprint density at radius 2 is 1.87 bits per heavy atom. The molecular formula is C19H19NO2S. The fourth-order valence-corrected chi connectivity index (χ4v) is 3.45. The highest BCUT2D eigenvalue weighted by molar-refractivity contribution is 8.04. The molecule has 1 aliphatic heterocycles. The molecule has 1 aliphatic rings. The molecule has 0 radical (unpaired) electrons. The third-order valence-corrected chi connectivity index (χ3v) is 4.80. The maximum atomic E-state index is 12.3. The number of hydrogen-bond acceptors (Lipinski definition) is 3. The van der Waals surface area contributed by atoms with E-state index in [4.69, 9.17) is 0 Å². The van der Waals surface area contributed by atoms with Gasteiger partial charge >= 0.3 is 0 Å². The SMILES string of the molecule is CC(C)(C)c1cc(C=C2Sc3ccccc3NC2=O)ccc1O. The van der Waals surface area contributed by atoms with Crippen LogP contribution in [0.15, 0.2) is 52.3 Å². The van der Waals surface area contributed by atoms with Gasteiger partial charge in [0, 0.05) is 4.90 Å². The Hall–Kier alpha value is -2.20. The van der Waals surface area contributed by atoms with Crippen LogP contribution in [0, 0.1) is 0 Å². The van der Waals surface area contributed by atoms with Crippen LogP contribution in [0.3, 0.4) is 0 Å². The maximum Gasteiger partial charge on any atom is 0.262 e. The van der Waals surface area contributed by atoms with Crippen molar-refractivity contribution in [3.8, 4) is 5.75 Å². The van der Waals surface area contributed by atoms with Crippen LogP contribution in [0.5, 0.6) is 5.75 Å². The third-order valence-electron chi connectivity index (χ3n) is 3.71. The van der Waals surface area contributed by atoms with Crippen molar-refractivity contribution in [2.75, 3.05) is 5.32 Å². The van der Waals surface area contributed by atoms with Gasteiger partial charge in [-0.25, -0.2) is 0 Å². The summed E-state index contributed by atoms with van der Waals surface area (Å²) < 4.78 is 0. The summed E-state index contributed by atoms with van der Waals surface area (Å²) in [6.45, 7) is 6.16. The van der Waals surface area contributed by atoms with Gasteiger partial charge in [0.15, 0.2) is 0 Å². The zero-order chi connectivity index (χ0) is 16.6. The first-order valence-electron chi connectivity index (χ1n) is 7.48. The maximum absolute atomic E-state index is 12.3. The van der Waals surface area contributed by atoms with Crippen LogP contribution in [0.4, 0.5) is 5.69 Å². The molecule has 4 heteroatoms. The van der Waals surface area contributed by atoms with E-state index in [9.17, 15) is 9.90 Å². The Kier molecular flexibility index (Phi) is 3.94. The number of nitrogens with one attached hydrogen (secondary N) is 1. The number of phenols is 1. The van der Waals surface area contributed by atoms with Crippen LogP contribution in [0.1, 0.15) is 31.9 Å². The predicted molar refractivity (Wildman–Crippen MR) is 95.7 cm³/mol. The number of carbonyl (C=O) groups excluding carboxylic acids is 1. The lowest BCUT2D eigenvalue weighted by Gasteiger charge is -2.21. The van der Waals surface area contributed by atoms with E-state index in [1.165, 1.54) is 11.8 Å². The fraction of sp³-hybridized carbons (Fsp3) is 0.211. The zero-order valence-corrected chi connectivity index (χ0v) is 14.2. The zero-order valence-electron chi connectivity index (χ0n) is 13.4. The topological polar surface area (TPSA) is 49.3 Å². The molecule has 0 spiro atoms. The number of phenolic OH excluding ortho intramolecular Hbond substituents is 1. The minimum atomic E-state index is -0.160. The van der Waals surface area contributed by atoms with E-state index in [-0.39, 0.29) is 17.1 Å². The quantitative estimate of drug-likeness (QED) is 0.742. The van der Waals surface area contributed by atoms with Crippen LogP contribution >= 0.6 is 11.8 Å². The number of thioether (sulfide) groups is 1. The summed E-state index contributed by atoms with van der Waals surface area (Å²) in [5.41, 5.74) is 2.46. The van der Waals surface area contributed by atoms with Gasteiger partial charge in [-0.3, -0.25) is 4.79 Å². The van der Waals surface area contributed by atoms with E-state index >= 15 is 0 Å². The molecule has 2 aromatic carbocycles. The van der Waals surface area contributed by atoms with Crippen molar-refractivity contribution in [3.05, 3.63) is 58.5 Å². The lowest BCUT2D eigenvalue weighted by atomic mass is 9.85. The van der Waals surface area contributed by atoms with Crippen molar-refractivity contribution in [2.24, 2.45) is 0 Å². The number of amides is 1. The third kappa shape index (κ3) is 3.27. The molecule has 118 valence electrons. The number of anilines is 1. The summed E-state index contributed by atoms with van der Waals surface area (Å²) in [5.74, 6) is 0.185. The van der Waals surface area contributed by atoms with E-state index in [0.29, 0.717) is 4.91 Å². The van der Waals surface area contributed by atoms with Crippen molar-refractivity contribution in [2.45, 2.75) is 31.1 Å². The number of hydrogen-bond donors (Lipinski definition) is 2. The molecule has 1 amide bonds. The summed E-state index contributed by atoms with van der Waals surface area (Å²) in [6.07, 6.45) is 1.87. The molecule has 3 rings (SSSR count). The highest BCUT2D eigenvalue weighted by atomic mass is 32.2. The Labute approximate surface area is 140 Å². The van der Waals surface area contributed by atoms with Gasteiger partial charge in [-0.05, 0) is 46.9 Å². The van der Waals surface area contributed by atoms with E-state index in [1.54, 1.807) is 6.07 Å². The lowest BCUT2D eigenvalue weighted by Crippen LogP contribution is -2.17. The van der Waals surface area contributed by atoms with Crippen molar-refractivity contribution < 1.29 is 9.90 Å². The average Bonchev–Trinajstić information content (AvgIpc) is 2.49. The van der Waals surface area contributed by atoms with Crippen molar-refractivity contribution in [3.63, 3.8) is 0 Å². The largest absolute Gasteiger partial charge is 0.508 e. The van der Waals surface area contributed by atoms with E-state index < -0.39 is 0 Å². The van der Waals surface area contributed by atoms with Crippen LogP contribution in [-0.2, 0) is 10.2 Å². The minimum Gasteiger partial charge on any atom is -0.508 e. The van der Waals surface area contributed by atoms with E-state index in [0.717, 1.165) is 21.7 Å². The standard InChI is InChI=1S/C19H19NO2S/c1-19(2,3)13-10-12(8-9-15(13)21)11-17-18(22)20-14-6-4-5-7-16(14)23-17/h4-11,21H,1-3H3,(H,20,22). The smallest absolute Gasteiger partial charge is 0.262 e. The number of benzene rings is 2. The molecule has 0 aromatic heterocycles. The first-order valence-corrected chi connectivity index (χ1v) is 8.30. The van der Waals surface area contributed by atoms with Gasteiger partial charge in [0.25, 0.3) is 5.91 Å². The fourth-order valence-electron chi connectivity index (χ4n) is 2.50. The average molecular weight is 325 g/mol. The molecule has 3 nitrogen and oxygen atoms in total. The summed E-state index contributed by atoms with van der Waals surface area (Å²) >= 11 is 1.46. The number of para-hydroxylation sites is 1. The van der Waals surface area contributed by atoms with E-state index in [1.807, 2.05) is 42.5 Å². The van der Waals surface area contributed by atoms with Crippen LogP contribution in [0.25, 0.3) is 6.08 Å². The first kappa shape index (κ1) is 15.7. The summed E-state index contributed by atoms with van der Waals surface area (Å²) in [5, 5.41) is 13.0. The Morgan fingerprint density at radius 3 is 2.61 bits per heavy atom. The molecule has 2 aromatic rings. The second-order valence-electron chi connectivity index (χ2n) is 6.59. The number of rotatable bonds is 1. The van der Waals surface area contributed by atoms with Gasteiger partial charge in [-0.15, -0.1) is 0 Å². The van der Waals surface area contributed by atoms with Gasteiger partial charge in [0.05, 0.1) is 10.6 Å². The molecule has 23 heavy (non-hydrogen) atoms.